The highest BCUT2D eigenvalue weighted by Crippen LogP contribution is 2.33. The lowest BCUT2D eigenvalue weighted by atomic mass is 10.2. The maximum absolute atomic E-state index is 10.9. The van der Waals surface area contributed by atoms with Gasteiger partial charge in [0, 0.05) is 24.2 Å². The maximum Gasteiger partial charge on any atom is 0.338 e. The molecule has 108 valence electrons. The van der Waals surface area contributed by atoms with Crippen LogP contribution in [-0.2, 0) is 7.05 Å². The number of hydrogen-bond donors (Lipinski definition) is 1. The molecule has 1 N–H and O–H groups in total. The van der Waals surface area contributed by atoms with E-state index in [0.717, 1.165) is 22.0 Å². The zero-order valence-corrected chi connectivity index (χ0v) is 12.6. The molecule has 6 nitrogen and oxygen atoms in total. The van der Waals surface area contributed by atoms with Gasteiger partial charge in [-0.05, 0) is 13.8 Å². The van der Waals surface area contributed by atoms with Crippen molar-refractivity contribution in [2.75, 3.05) is 0 Å². The van der Waals surface area contributed by atoms with E-state index >= 15 is 0 Å². The summed E-state index contributed by atoms with van der Waals surface area (Å²) in [5.41, 5.74) is 3.72. The smallest absolute Gasteiger partial charge is 0.338 e. The van der Waals surface area contributed by atoms with Gasteiger partial charge in [-0.3, -0.25) is 4.68 Å². The van der Waals surface area contributed by atoms with Crippen LogP contribution in [0.1, 0.15) is 21.7 Å². The van der Waals surface area contributed by atoms with E-state index in [9.17, 15) is 4.79 Å². The quantitative estimate of drug-likeness (QED) is 0.804. The lowest BCUT2D eigenvalue weighted by Gasteiger charge is -1.96. The number of carboxylic acid groups (broad SMARTS) is 1. The van der Waals surface area contributed by atoms with Gasteiger partial charge >= 0.3 is 5.97 Å². The first-order valence-corrected chi connectivity index (χ1v) is 7.13. The highest BCUT2D eigenvalue weighted by Gasteiger charge is 2.17. The summed E-state index contributed by atoms with van der Waals surface area (Å²) in [4.78, 5) is 15.4. The second-order valence-electron chi connectivity index (χ2n) is 4.71. The zero-order chi connectivity index (χ0) is 15.1. The van der Waals surface area contributed by atoms with Gasteiger partial charge in [-0.25, -0.2) is 9.78 Å². The van der Waals surface area contributed by atoms with E-state index < -0.39 is 5.97 Å². The average Bonchev–Trinajstić information content (AvgIpc) is 3.10. The Morgan fingerprint density at radius 3 is 2.76 bits per heavy atom. The SMILES string of the molecule is Cc1nn(C)c(C)c1-c1nc(-c2cc(C(=O)O)co2)cs1. The fourth-order valence-corrected chi connectivity index (χ4v) is 3.12. The number of nitrogens with zero attached hydrogens (tertiary/aromatic N) is 3. The Kier molecular flexibility index (Phi) is 3.13. The molecule has 0 aliphatic carbocycles. The zero-order valence-electron chi connectivity index (χ0n) is 11.7. The van der Waals surface area contributed by atoms with Crippen LogP contribution in [0, 0.1) is 13.8 Å². The molecule has 3 aromatic heterocycles. The molecule has 0 saturated carbocycles. The second-order valence-corrected chi connectivity index (χ2v) is 5.57. The molecule has 0 unspecified atom stereocenters. The molecule has 0 aliphatic rings. The Morgan fingerprint density at radius 1 is 1.43 bits per heavy atom. The van der Waals surface area contributed by atoms with Crippen LogP contribution in [0.2, 0.25) is 0 Å². The highest BCUT2D eigenvalue weighted by molar-refractivity contribution is 7.13. The van der Waals surface area contributed by atoms with Crippen molar-refractivity contribution >= 4 is 17.3 Å². The van der Waals surface area contributed by atoms with Gasteiger partial charge in [0.2, 0.25) is 0 Å². The fourth-order valence-electron chi connectivity index (χ4n) is 2.17. The predicted octanol–water partition coefficient (Wildman–Crippen LogP) is 3.12. The van der Waals surface area contributed by atoms with E-state index in [0.29, 0.717) is 11.5 Å². The van der Waals surface area contributed by atoms with Crippen molar-refractivity contribution in [3.63, 3.8) is 0 Å². The largest absolute Gasteiger partial charge is 0.478 e. The standard InChI is InChI=1S/C14H13N3O3S/c1-7-12(8(2)17(3)16-7)13-15-10(6-21-13)11-4-9(5-20-11)14(18)19/h4-6H,1-3H3,(H,18,19). The van der Waals surface area contributed by atoms with Crippen molar-refractivity contribution in [3.8, 4) is 22.0 Å². The molecule has 0 bridgehead atoms. The summed E-state index contributed by atoms with van der Waals surface area (Å²) in [6.45, 7) is 3.94. The molecule has 0 radical (unpaired) electrons. The summed E-state index contributed by atoms with van der Waals surface area (Å²) < 4.78 is 7.09. The normalized spacial score (nSPS) is 11.0. The Morgan fingerprint density at radius 2 is 2.19 bits per heavy atom. The molecular formula is C14H13N3O3S. The molecule has 0 amide bonds. The van der Waals surface area contributed by atoms with E-state index in [1.165, 1.54) is 23.7 Å². The maximum atomic E-state index is 10.9. The highest BCUT2D eigenvalue weighted by atomic mass is 32.1. The van der Waals surface area contributed by atoms with Crippen molar-refractivity contribution in [2.24, 2.45) is 7.05 Å². The lowest BCUT2D eigenvalue weighted by Crippen LogP contribution is -1.92. The summed E-state index contributed by atoms with van der Waals surface area (Å²) in [6, 6.07) is 1.48. The van der Waals surface area contributed by atoms with Gasteiger partial charge < -0.3 is 9.52 Å². The minimum absolute atomic E-state index is 0.119. The number of aromatic carboxylic acids is 1. The van der Waals surface area contributed by atoms with Gasteiger partial charge in [0.15, 0.2) is 5.76 Å². The first kappa shape index (κ1) is 13.6. The number of hydrogen-bond acceptors (Lipinski definition) is 5. The van der Waals surface area contributed by atoms with Crippen LogP contribution in [-0.4, -0.2) is 25.8 Å². The second kappa shape index (κ2) is 4.85. The molecule has 0 atom stereocenters. The number of aromatic nitrogens is 3. The molecule has 0 fully saturated rings. The Hall–Kier alpha value is -2.41. The Balaban J connectivity index is 2.01. The Labute approximate surface area is 124 Å². The van der Waals surface area contributed by atoms with Crippen LogP contribution in [0.5, 0.6) is 0 Å². The molecule has 3 heterocycles. The third-order valence-corrected chi connectivity index (χ3v) is 4.19. The van der Waals surface area contributed by atoms with E-state index in [-0.39, 0.29) is 5.56 Å². The number of furan rings is 1. The van der Waals surface area contributed by atoms with Crippen LogP contribution in [0.25, 0.3) is 22.0 Å². The van der Waals surface area contributed by atoms with Crippen LogP contribution in [0.15, 0.2) is 22.1 Å². The average molecular weight is 303 g/mol. The fraction of sp³-hybridized carbons (Fsp3) is 0.214. The molecule has 0 saturated heterocycles. The van der Waals surface area contributed by atoms with E-state index in [1.807, 2.05) is 31.0 Å². The molecule has 3 aromatic rings. The summed E-state index contributed by atoms with van der Waals surface area (Å²) in [7, 11) is 1.89. The third kappa shape index (κ3) is 2.25. The molecular weight excluding hydrogens is 290 g/mol. The van der Waals surface area contributed by atoms with Gasteiger partial charge in [-0.15, -0.1) is 11.3 Å². The number of carboxylic acids is 1. The first-order valence-electron chi connectivity index (χ1n) is 6.25. The topological polar surface area (TPSA) is 81.2 Å². The van der Waals surface area contributed by atoms with E-state index in [1.54, 1.807) is 0 Å². The van der Waals surface area contributed by atoms with Crippen molar-refractivity contribution < 1.29 is 14.3 Å². The number of aryl methyl sites for hydroxylation is 2. The van der Waals surface area contributed by atoms with Crippen molar-refractivity contribution in [1.29, 1.82) is 0 Å². The summed E-state index contributed by atoms with van der Waals surface area (Å²) in [5, 5.41) is 16.0. The van der Waals surface area contributed by atoms with Gasteiger partial charge in [-0.1, -0.05) is 0 Å². The minimum atomic E-state index is -1.01. The molecule has 7 heteroatoms. The number of thiazole rings is 1. The number of rotatable bonds is 3. The van der Waals surface area contributed by atoms with Crippen molar-refractivity contribution in [1.82, 2.24) is 14.8 Å². The molecule has 3 rings (SSSR count). The van der Waals surface area contributed by atoms with Crippen LogP contribution < -0.4 is 0 Å². The van der Waals surface area contributed by atoms with Gasteiger partial charge in [0.05, 0.1) is 16.8 Å². The monoisotopic (exact) mass is 303 g/mol. The molecule has 0 aromatic carbocycles. The summed E-state index contributed by atoms with van der Waals surface area (Å²) >= 11 is 1.48. The van der Waals surface area contributed by atoms with Crippen LogP contribution in [0.4, 0.5) is 0 Å². The van der Waals surface area contributed by atoms with Gasteiger partial charge in [-0.2, -0.15) is 5.10 Å². The summed E-state index contributed by atoms with van der Waals surface area (Å²) in [5.74, 6) is -0.562. The summed E-state index contributed by atoms with van der Waals surface area (Å²) in [6.07, 6.45) is 1.22. The first-order chi connectivity index (χ1) is 9.97. The van der Waals surface area contributed by atoms with Crippen LogP contribution >= 0.6 is 11.3 Å². The number of carbonyl (C=O) groups is 1. The molecule has 0 spiro atoms. The predicted molar refractivity (Wildman–Crippen MR) is 78.5 cm³/mol. The van der Waals surface area contributed by atoms with Gasteiger partial charge in [0.1, 0.15) is 17.0 Å². The van der Waals surface area contributed by atoms with E-state index in [4.69, 9.17) is 9.52 Å². The third-order valence-electron chi connectivity index (χ3n) is 3.33. The Bertz CT molecular complexity index is 829. The van der Waals surface area contributed by atoms with E-state index in [2.05, 4.69) is 10.1 Å². The van der Waals surface area contributed by atoms with Crippen molar-refractivity contribution in [2.45, 2.75) is 13.8 Å². The lowest BCUT2D eigenvalue weighted by molar-refractivity contribution is 0.0696. The molecule has 0 aliphatic heterocycles. The molecule has 21 heavy (non-hydrogen) atoms. The van der Waals surface area contributed by atoms with Crippen molar-refractivity contribution in [3.05, 3.63) is 34.7 Å². The minimum Gasteiger partial charge on any atom is -0.478 e. The van der Waals surface area contributed by atoms with Gasteiger partial charge in [0.25, 0.3) is 0 Å². The van der Waals surface area contributed by atoms with Crippen LogP contribution in [0.3, 0.4) is 0 Å².